The fourth-order valence-electron chi connectivity index (χ4n) is 0.740. The number of imidazole rings is 1. The lowest BCUT2D eigenvalue weighted by atomic mass is 10.4. The van der Waals surface area contributed by atoms with E-state index in [0.29, 0.717) is 0 Å². The summed E-state index contributed by atoms with van der Waals surface area (Å²) in [4.78, 5) is 11.1. The van der Waals surface area contributed by atoms with Gasteiger partial charge in [-0.15, -0.1) is 0 Å². The lowest BCUT2D eigenvalue weighted by Gasteiger charge is -1.90. The van der Waals surface area contributed by atoms with Crippen molar-refractivity contribution >= 4 is 5.71 Å². The minimum absolute atomic E-state index is 0.795. The summed E-state index contributed by atoms with van der Waals surface area (Å²) in [6.07, 6.45) is 8.60. The van der Waals surface area contributed by atoms with Crippen LogP contribution >= 0.6 is 0 Å². The first-order valence-corrected chi connectivity index (χ1v) is 3.66. The van der Waals surface area contributed by atoms with E-state index >= 15 is 0 Å². The van der Waals surface area contributed by atoms with Crippen LogP contribution in [0.3, 0.4) is 0 Å². The Balaban J connectivity index is 2.71. The number of H-pyrrole nitrogens is 1. The number of allylic oxidation sites excluding steroid dienone is 2. The average molecular weight is 161 g/mol. The van der Waals surface area contributed by atoms with Gasteiger partial charge in [0.15, 0.2) is 5.82 Å². The maximum Gasteiger partial charge on any atom is 0.151 e. The SMILES string of the molecule is C=C/C=C\N=C(C)c1ncc[nH]1. The van der Waals surface area contributed by atoms with Crippen LogP contribution in [0, 0.1) is 0 Å². The summed E-state index contributed by atoms with van der Waals surface area (Å²) in [7, 11) is 0. The van der Waals surface area contributed by atoms with E-state index in [1.807, 2.05) is 6.92 Å². The number of hydrogen-bond donors (Lipinski definition) is 1. The van der Waals surface area contributed by atoms with E-state index in [9.17, 15) is 0 Å². The molecule has 1 aromatic rings. The predicted molar refractivity (Wildman–Crippen MR) is 50.1 cm³/mol. The lowest BCUT2D eigenvalue weighted by Crippen LogP contribution is -1.95. The molecule has 0 atom stereocenters. The molecule has 1 rings (SSSR count). The first-order valence-electron chi connectivity index (χ1n) is 3.66. The molecule has 0 aromatic carbocycles. The second kappa shape index (κ2) is 4.28. The summed E-state index contributed by atoms with van der Waals surface area (Å²) in [6.45, 7) is 5.44. The Morgan fingerprint density at radius 1 is 1.75 bits per heavy atom. The topological polar surface area (TPSA) is 41.0 Å². The van der Waals surface area contributed by atoms with Crippen LogP contribution in [-0.2, 0) is 0 Å². The van der Waals surface area contributed by atoms with Gasteiger partial charge in [0.25, 0.3) is 0 Å². The van der Waals surface area contributed by atoms with Gasteiger partial charge in [0.2, 0.25) is 0 Å². The maximum absolute atomic E-state index is 4.13. The molecule has 3 nitrogen and oxygen atoms in total. The van der Waals surface area contributed by atoms with Crippen molar-refractivity contribution in [2.45, 2.75) is 6.92 Å². The van der Waals surface area contributed by atoms with Gasteiger partial charge in [-0.2, -0.15) is 0 Å². The van der Waals surface area contributed by atoms with Gasteiger partial charge in [-0.05, 0) is 13.0 Å². The highest BCUT2D eigenvalue weighted by Crippen LogP contribution is 1.92. The Morgan fingerprint density at radius 3 is 3.17 bits per heavy atom. The van der Waals surface area contributed by atoms with E-state index < -0.39 is 0 Å². The van der Waals surface area contributed by atoms with E-state index in [1.165, 1.54) is 0 Å². The number of nitrogens with one attached hydrogen (secondary N) is 1. The molecule has 62 valence electrons. The van der Waals surface area contributed by atoms with Crippen LogP contribution in [0.4, 0.5) is 0 Å². The predicted octanol–water partition coefficient (Wildman–Crippen LogP) is 1.92. The number of rotatable bonds is 3. The standard InChI is InChI=1S/C9H11N3/c1-3-4-5-10-8(2)9-11-6-7-12-9/h3-7H,1H2,2H3,(H,11,12)/b5-4-,10-8?. The highest BCUT2D eigenvalue weighted by molar-refractivity contribution is 5.95. The number of aliphatic imine (C=N–C) groups is 1. The summed E-state index contributed by atoms with van der Waals surface area (Å²) >= 11 is 0. The summed E-state index contributed by atoms with van der Waals surface area (Å²) in [5.74, 6) is 0.795. The number of hydrogen-bond acceptors (Lipinski definition) is 2. The first-order chi connectivity index (χ1) is 5.84. The molecule has 0 saturated carbocycles. The molecule has 0 aliphatic rings. The largest absolute Gasteiger partial charge is 0.344 e. The molecule has 0 fully saturated rings. The first kappa shape index (κ1) is 8.46. The molecule has 0 bridgehead atoms. The van der Waals surface area contributed by atoms with Crippen molar-refractivity contribution in [1.82, 2.24) is 9.97 Å². The average Bonchev–Trinajstić information content (AvgIpc) is 2.56. The molecule has 1 N–H and O–H groups in total. The van der Waals surface area contributed by atoms with E-state index in [-0.39, 0.29) is 0 Å². The Kier molecular flexibility index (Phi) is 3.02. The van der Waals surface area contributed by atoms with Gasteiger partial charge < -0.3 is 4.98 Å². The normalized spacial score (nSPS) is 12.2. The van der Waals surface area contributed by atoms with Crippen molar-refractivity contribution in [1.29, 1.82) is 0 Å². The molecule has 3 heteroatoms. The van der Waals surface area contributed by atoms with Crippen LogP contribution in [0.25, 0.3) is 0 Å². The van der Waals surface area contributed by atoms with E-state index in [2.05, 4.69) is 21.5 Å². The molecule has 0 spiro atoms. The van der Waals surface area contributed by atoms with Crippen molar-refractivity contribution in [2.75, 3.05) is 0 Å². The van der Waals surface area contributed by atoms with Crippen molar-refractivity contribution in [3.8, 4) is 0 Å². The van der Waals surface area contributed by atoms with Gasteiger partial charge in [-0.3, -0.25) is 4.99 Å². The maximum atomic E-state index is 4.13. The van der Waals surface area contributed by atoms with E-state index in [0.717, 1.165) is 11.5 Å². The second-order valence-corrected chi connectivity index (χ2v) is 2.23. The number of nitrogens with zero attached hydrogens (tertiary/aromatic N) is 2. The van der Waals surface area contributed by atoms with Crippen LogP contribution in [0.15, 0.2) is 42.3 Å². The van der Waals surface area contributed by atoms with Crippen molar-refractivity contribution in [2.24, 2.45) is 4.99 Å². The third-order valence-electron chi connectivity index (χ3n) is 1.33. The molecule has 1 aromatic heterocycles. The molecule has 12 heavy (non-hydrogen) atoms. The van der Waals surface area contributed by atoms with Gasteiger partial charge in [-0.1, -0.05) is 12.7 Å². The lowest BCUT2D eigenvalue weighted by molar-refractivity contribution is 1.24. The third-order valence-corrected chi connectivity index (χ3v) is 1.33. The Hall–Kier alpha value is -1.64. The van der Waals surface area contributed by atoms with Crippen LogP contribution in [0.1, 0.15) is 12.7 Å². The monoisotopic (exact) mass is 161 g/mol. The van der Waals surface area contributed by atoms with Gasteiger partial charge in [0, 0.05) is 18.6 Å². The van der Waals surface area contributed by atoms with Gasteiger partial charge >= 0.3 is 0 Å². The van der Waals surface area contributed by atoms with Crippen molar-refractivity contribution in [3.05, 3.63) is 43.1 Å². The highest BCUT2D eigenvalue weighted by atomic mass is 14.9. The van der Waals surface area contributed by atoms with Crippen LogP contribution in [0.2, 0.25) is 0 Å². The van der Waals surface area contributed by atoms with Crippen molar-refractivity contribution in [3.63, 3.8) is 0 Å². The molecular formula is C9H11N3. The van der Waals surface area contributed by atoms with Crippen LogP contribution in [-0.4, -0.2) is 15.7 Å². The molecule has 0 aliphatic carbocycles. The molecule has 0 aliphatic heterocycles. The van der Waals surface area contributed by atoms with Crippen LogP contribution in [0.5, 0.6) is 0 Å². The minimum atomic E-state index is 0.795. The molecule has 0 saturated heterocycles. The molecule has 0 amide bonds. The quantitative estimate of drug-likeness (QED) is 0.534. The zero-order valence-corrected chi connectivity index (χ0v) is 6.99. The number of aromatic amines is 1. The number of aromatic nitrogens is 2. The summed E-state index contributed by atoms with van der Waals surface area (Å²) in [5, 5.41) is 0. The molecular weight excluding hydrogens is 150 g/mol. The minimum Gasteiger partial charge on any atom is -0.344 e. The zero-order valence-electron chi connectivity index (χ0n) is 6.99. The van der Waals surface area contributed by atoms with E-state index in [1.54, 1.807) is 30.7 Å². The summed E-state index contributed by atoms with van der Waals surface area (Å²) < 4.78 is 0. The molecule has 0 radical (unpaired) electrons. The fourth-order valence-corrected chi connectivity index (χ4v) is 0.740. The van der Waals surface area contributed by atoms with Crippen LogP contribution < -0.4 is 0 Å². The summed E-state index contributed by atoms with van der Waals surface area (Å²) in [5.41, 5.74) is 0.859. The second-order valence-electron chi connectivity index (χ2n) is 2.23. The van der Waals surface area contributed by atoms with Gasteiger partial charge in [0.1, 0.15) is 0 Å². The van der Waals surface area contributed by atoms with Gasteiger partial charge in [0.05, 0.1) is 5.71 Å². The molecule has 1 heterocycles. The Bertz CT molecular complexity index is 294. The fraction of sp³-hybridized carbons (Fsp3) is 0.111. The third kappa shape index (κ3) is 2.20. The smallest absolute Gasteiger partial charge is 0.151 e. The summed E-state index contributed by atoms with van der Waals surface area (Å²) in [6, 6.07) is 0. The molecule has 0 unspecified atom stereocenters. The highest BCUT2D eigenvalue weighted by Gasteiger charge is 1.95. The Morgan fingerprint density at radius 2 is 2.58 bits per heavy atom. The van der Waals surface area contributed by atoms with Gasteiger partial charge in [-0.25, -0.2) is 4.98 Å². The van der Waals surface area contributed by atoms with E-state index in [4.69, 9.17) is 0 Å². The zero-order chi connectivity index (χ0) is 8.81. The Labute approximate surface area is 71.6 Å². The van der Waals surface area contributed by atoms with Crippen molar-refractivity contribution < 1.29 is 0 Å².